The van der Waals surface area contributed by atoms with Crippen molar-refractivity contribution < 1.29 is 4.74 Å². The van der Waals surface area contributed by atoms with Gasteiger partial charge in [-0.3, -0.25) is 4.99 Å². The Kier molecular flexibility index (Phi) is 4.96. The lowest BCUT2D eigenvalue weighted by Crippen LogP contribution is -2.69. The van der Waals surface area contributed by atoms with E-state index in [1.54, 1.807) is 14.2 Å². The molecular formula is C18H26N4O. The third kappa shape index (κ3) is 3.32. The molecule has 5 nitrogen and oxygen atoms in total. The average Bonchev–Trinajstić information content (AvgIpc) is 2.57. The summed E-state index contributed by atoms with van der Waals surface area (Å²) < 4.78 is 5.66. The summed E-state index contributed by atoms with van der Waals surface area (Å²) in [5.41, 5.74) is 1.72. The van der Waals surface area contributed by atoms with E-state index in [2.05, 4.69) is 42.5 Å². The van der Waals surface area contributed by atoms with Crippen LogP contribution in [0.25, 0.3) is 0 Å². The van der Waals surface area contributed by atoms with Crippen molar-refractivity contribution in [1.82, 2.24) is 10.6 Å². The molecule has 1 aromatic rings. The summed E-state index contributed by atoms with van der Waals surface area (Å²) in [4.78, 5) is 4.30. The minimum absolute atomic E-state index is 0.0355. The largest absolute Gasteiger partial charge is 0.378 e. The predicted octanol–water partition coefficient (Wildman–Crippen LogP) is 2.43. The van der Waals surface area contributed by atoms with E-state index in [1.165, 1.54) is 0 Å². The van der Waals surface area contributed by atoms with E-state index in [1.807, 2.05) is 24.3 Å². The molecule has 2 rings (SSSR count). The molecule has 0 bridgehead atoms. The van der Waals surface area contributed by atoms with Gasteiger partial charge in [0.05, 0.1) is 17.2 Å². The van der Waals surface area contributed by atoms with Crippen molar-refractivity contribution in [3.63, 3.8) is 0 Å². The summed E-state index contributed by atoms with van der Waals surface area (Å²) in [6.07, 6.45) is 0.952. The van der Waals surface area contributed by atoms with Gasteiger partial charge in [-0.25, -0.2) is 0 Å². The zero-order valence-corrected chi connectivity index (χ0v) is 14.6. The Hall–Kier alpha value is -2.06. The lowest BCUT2D eigenvalue weighted by molar-refractivity contribution is -0.176. The molecule has 0 saturated heterocycles. The molecule has 0 aliphatic heterocycles. The van der Waals surface area contributed by atoms with Crippen molar-refractivity contribution in [2.75, 3.05) is 14.2 Å². The van der Waals surface area contributed by atoms with E-state index < -0.39 is 0 Å². The number of methoxy groups -OCH3 is 1. The van der Waals surface area contributed by atoms with Crippen LogP contribution < -0.4 is 10.6 Å². The van der Waals surface area contributed by atoms with Gasteiger partial charge in [0.15, 0.2) is 5.96 Å². The van der Waals surface area contributed by atoms with Gasteiger partial charge in [0.2, 0.25) is 0 Å². The van der Waals surface area contributed by atoms with Crippen LogP contribution in [-0.2, 0) is 11.3 Å². The Morgan fingerprint density at radius 3 is 2.48 bits per heavy atom. The van der Waals surface area contributed by atoms with E-state index >= 15 is 0 Å². The van der Waals surface area contributed by atoms with Gasteiger partial charge in [-0.2, -0.15) is 5.26 Å². The number of hydrogen-bond donors (Lipinski definition) is 2. The molecule has 2 atom stereocenters. The molecule has 2 N–H and O–H groups in total. The van der Waals surface area contributed by atoms with E-state index in [0.717, 1.165) is 17.9 Å². The number of rotatable bonds is 4. The van der Waals surface area contributed by atoms with Gasteiger partial charge in [-0.05, 0) is 31.0 Å². The normalized spacial score (nSPS) is 26.1. The second-order valence-electron chi connectivity index (χ2n) is 6.79. The Morgan fingerprint density at radius 2 is 2.00 bits per heavy atom. The van der Waals surface area contributed by atoms with Crippen LogP contribution in [0, 0.1) is 16.7 Å². The molecule has 5 heteroatoms. The van der Waals surface area contributed by atoms with Gasteiger partial charge in [-0.15, -0.1) is 0 Å². The van der Waals surface area contributed by atoms with Gasteiger partial charge >= 0.3 is 0 Å². The molecule has 1 aliphatic carbocycles. The number of benzene rings is 1. The lowest BCUT2D eigenvalue weighted by atomic mass is 9.56. The van der Waals surface area contributed by atoms with Crippen molar-refractivity contribution in [3.05, 3.63) is 35.4 Å². The molecule has 1 saturated carbocycles. The van der Waals surface area contributed by atoms with Crippen molar-refractivity contribution in [2.45, 2.75) is 45.4 Å². The lowest BCUT2D eigenvalue weighted by Gasteiger charge is -2.59. The Labute approximate surface area is 138 Å². The third-order valence-corrected chi connectivity index (χ3v) is 5.36. The van der Waals surface area contributed by atoms with Crippen LogP contribution in [-0.4, -0.2) is 31.8 Å². The minimum Gasteiger partial charge on any atom is -0.378 e. The second kappa shape index (κ2) is 6.59. The first kappa shape index (κ1) is 17.3. The van der Waals surface area contributed by atoms with E-state index in [-0.39, 0.29) is 11.0 Å². The molecule has 0 aromatic heterocycles. The van der Waals surface area contributed by atoms with Crippen LogP contribution >= 0.6 is 0 Å². The Bertz CT molecular complexity index is 615. The van der Waals surface area contributed by atoms with E-state index in [0.29, 0.717) is 18.2 Å². The second-order valence-corrected chi connectivity index (χ2v) is 6.79. The first-order valence-electron chi connectivity index (χ1n) is 7.87. The maximum atomic E-state index is 8.82. The van der Waals surface area contributed by atoms with Crippen LogP contribution in [0.2, 0.25) is 0 Å². The van der Waals surface area contributed by atoms with Crippen LogP contribution in [0.5, 0.6) is 0 Å². The summed E-state index contributed by atoms with van der Waals surface area (Å²) in [6, 6.07) is 10.0. The molecule has 2 unspecified atom stereocenters. The molecule has 1 aliphatic rings. The van der Waals surface area contributed by atoms with Crippen molar-refractivity contribution >= 4 is 5.96 Å². The Balaban J connectivity index is 1.91. The monoisotopic (exact) mass is 314 g/mol. The molecule has 0 amide bonds. The highest BCUT2D eigenvalue weighted by Gasteiger charge is 2.58. The van der Waals surface area contributed by atoms with Gasteiger partial charge in [-0.1, -0.05) is 26.0 Å². The van der Waals surface area contributed by atoms with Crippen LogP contribution in [0.15, 0.2) is 29.3 Å². The molecule has 0 spiro atoms. The van der Waals surface area contributed by atoms with Crippen molar-refractivity contribution in [3.8, 4) is 6.07 Å². The maximum absolute atomic E-state index is 8.82. The smallest absolute Gasteiger partial charge is 0.191 e. The Morgan fingerprint density at radius 1 is 1.35 bits per heavy atom. The number of ether oxygens (including phenoxy) is 1. The molecular weight excluding hydrogens is 288 g/mol. The number of nitriles is 1. The van der Waals surface area contributed by atoms with Gasteiger partial charge < -0.3 is 15.4 Å². The van der Waals surface area contributed by atoms with Crippen LogP contribution in [0.1, 0.15) is 38.3 Å². The summed E-state index contributed by atoms with van der Waals surface area (Å²) in [7, 11) is 3.55. The maximum Gasteiger partial charge on any atom is 0.191 e. The van der Waals surface area contributed by atoms with Gasteiger partial charge in [0.1, 0.15) is 0 Å². The van der Waals surface area contributed by atoms with E-state index in [4.69, 9.17) is 10.00 Å². The van der Waals surface area contributed by atoms with Crippen molar-refractivity contribution in [1.29, 1.82) is 5.26 Å². The van der Waals surface area contributed by atoms with E-state index in [9.17, 15) is 0 Å². The summed E-state index contributed by atoms with van der Waals surface area (Å²) in [6.45, 7) is 7.25. The highest BCUT2D eigenvalue weighted by atomic mass is 16.5. The van der Waals surface area contributed by atoms with Crippen LogP contribution in [0.4, 0.5) is 0 Å². The fraction of sp³-hybridized carbons (Fsp3) is 0.556. The van der Waals surface area contributed by atoms with Gasteiger partial charge in [0, 0.05) is 32.2 Å². The fourth-order valence-electron chi connectivity index (χ4n) is 2.97. The SMILES string of the molecule is CN=C(NCc1ccc(C#N)cc1)NC1CC(C)(OC)C1(C)C. The number of nitrogens with one attached hydrogen (secondary N) is 2. The quantitative estimate of drug-likeness (QED) is 0.661. The fourth-order valence-corrected chi connectivity index (χ4v) is 2.97. The zero-order chi connectivity index (χ0) is 17.1. The number of nitrogens with zero attached hydrogens (tertiary/aromatic N) is 2. The average molecular weight is 314 g/mol. The first-order chi connectivity index (χ1) is 10.9. The topological polar surface area (TPSA) is 69.4 Å². The summed E-state index contributed by atoms with van der Waals surface area (Å²) in [5.74, 6) is 0.783. The molecule has 1 aromatic carbocycles. The highest BCUT2D eigenvalue weighted by molar-refractivity contribution is 5.80. The standard InChI is InChI=1S/C18H26N4O/c1-17(2)15(10-18(17,3)23-5)22-16(20-4)21-12-14-8-6-13(11-19)7-9-14/h6-9,15H,10,12H2,1-5H3,(H2,20,21,22). The summed E-state index contributed by atoms with van der Waals surface area (Å²) >= 11 is 0. The highest BCUT2D eigenvalue weighted by Crippen LogP contribution is 2.51. The first-order valence-corrected chi connectivity index (χ1v) is 7.87. The van der Waals surface area contributed by atoms with Crippen molar-refractivity contribution in [2.24, 2.45) is 10.4 Å². The molecule has 1 fully saturated rings. The molecule has 0 radical (unpaired) electrons. The molecule has 124 valence electrons. The number of hydrogen-bond acceptors (Lipinski definition) is 3. The van der Waals surface area contributed by atoms with Gasteiger partial charge in [0.25, 0.3) is 0 Å². The zero-order valence-electron chi connectivity index (χ0n) is 14.6. The van der Waals surface area contributed by atoms with Crippen LogP contribution in [0.3, 0.4) is 0 Å². The number of aliphatic imine (C=N–C) groups is 1. The molecule has 0 heterocycles. The number of guanidine groups is 1. The minimum atomic E-state index is -0.101. The third-order valence-electron chi connectivity index (χ3n) is 5.36. The summed E-state index contributed by atoms with van der Waals surface area (Å²) in [5, 5.41) is 15.6. The molecule has 23 heavy (non-hydrogen) atoms. The predicted molar refractivity (Wildman–Crippen MR) is 92.1 cm³/mol.